The fourth-order valence-electron chi connectivity index (χ4n) is 1.38. The molecular weight excluding hydrogens is 246 g/mol. The molecule has 0 rings (SSSR count). The second kappa shape index (κ2) is 7.62. The SMILES string of the molecule is COCCCCS(=O)(=O)N(CC(=O)O)C(C)C. The van der Waals surface area contributed by atoms with E-state index in [1.807, 2.05) is 0 Å². The third-order valence-corrected chi connectivity index (χ3v) is 4.30. The first-order valence-electron chi connectivity index (χ1n) is 5.51. The molecule has 7 heteroatoms. The number of ether oxygens (including phenoxy) is 1. The zero-order chi connectivity index (χ0) is 13.5. The molecule has 6 nitrogen and oxygen atoms in total. The first-order chi connectivity index (χ1) is 7.81. The van der Waals surface area contributed by atoms with Gasteiger partial charge in [0.2, 0.25) is 10.0 Å². The summed E-state index contributed by atoms with van der Waals surface area (Å²) in [5.41, 5.74) is 0. The molecule has 0 amide bonds. The number of hydrogen-bond donors (Lipinski definition) is 1. The molecule has 0 radical (unpaired) electrons. The van der Waals surface area contributed by atoms with Gasteiger partial charge in [-0.2, -0.15) is 4.31 Å². The van der Waals surface area contributed by atoms with Gasteiger partial charge >= 0.3 is 5.97 Å². The molecule has 1 N–H and O–H groups in total. The minimum Gasteiger partial charge on any atom is -0.480 e. The van der Waals surface area contributed by atoms with Crippen LogP contribution in [0.3, 0.4) is 0 Å². The quantitative estimate of drug-likeness (QED) is 0.616. The fraction of sp³-hybridized carbons (Fsp3) is 0.900. The summed E-state index contributed by atoms with van der Waals surface area (Å²) >= 11 is 0. The zero-order valence-corrected chi connectivity index (χ0v) is 11.4. The van der Waals surface area contributed by atoms with Gasteiger partial charge in [-0.25, -0.2) is 8.42 Å². The van der Waals surface area contributed by atoms with Gasteiger partial charge in [-0.1, -0.05) is 0 Å². The van der Waals surface area contributed by atoms with Crippen LogP contribution in [0, 0.1) is 0 Å². The summed E-state index contributed by atoms with van der Waals surface area (Å²) < 4.78 is 29.6. The normalized spacial score (nSPS) is 12.3. The molecule has 0 spiro atoms. The minimum absolute atomic E-state index is 0.0399. The van der Waals surface area contributed by atoms with Crippen LogP contribution in [0.2, 0.25) is 0 Å². The van der Waals surface area contributed by atoms with Gasteiger partial charge in [0.25, 0.3) is 0 Å². The van der Waals surface area contributed by atoms with E-state index in [-0.39, 0.29) is 11.8 Å². The van der Waals surface area contributed by atoms with E-state index in [4.69, 9.17) is 9.84 Å². The highest BCUT2D eigenvalue weighted by Crippen LogP contribution is 2.09. The highest BCUT2D eigenvalue weighted by molar-refractivity contribution is 7.89. The molecule has 0 heterocycles. The number of hydrogen-bond acceptors (Lipinski definition) is 4. The van der Waals surface area contributed by atoms with Crippen LogP contribution in [0.4, 0.5) is 0 Å². The van der Waals surface area contributed by atoms with E-state index in [0.717, 1.165) is 4.31 Å². The van der Waals surface area contributed by atoms with Gasteiger partial charge in [0.1, 0.15) is 6.54 Å². The molecule has 0 aliphatic heterocycles. The lowest BCUT2D eigenvalue weighted by Crippen LogP contribution is -2.41. The van der Waals surface area contributed by atoms with Crippen molar-refractivity contribution in [2.75, 3.05) is 26.0 Å². The first-order valence-corrected chi connectivity index (χ1v) is 7.12. The zero-order valence-electron chi connectivity index (χ0n) is 10.5. The molecule has 17 heavy (non-hydrogen) atoms. The van der Waals surface area contributed by atoms with Gasteiger partial charge < -0.3 is 9.84 Å². The van der Waals surface area contributed by atoms with Crippen molar-refractivity contribution in [3.05, 3.63) is 0 Å². The molecule has 0 aliphatic carbocycles. The summed E-state index contributed by atoms with van der Waals surface area (Å²) in [7, 11) is -1.95. The smallest absolute Gasteiger partial charge is 0.318 e. The Morgan fingerprint density at radius 2 is 1.94 bits per heavy atom. The van der Waals surface area contributed by atoms with Crippen molar-refractivity contribution < 1.29 is 23.1 Å². The highest BCUT2D eigenvalue weighted by atomic mass is 32.2. The number of aliphatic carboxylic acids is 1. The van der Waals surface area contributed by atoms with Crippen molar-refractivity contribution in [2.45, 2.75) is 32.7 Å². The number of nitrogens with zero attached hydrogens (tertiary/aromatic N) is 1. The fourth-order valence-corrected chi connectivity index (χ4v) is 3.14. The van der Waals surface area contributed by atoms with E-state index in [1.165, 1.54) is 0 Å². The number of carboxylic acid groups (broad SMARTS) is 1. The number of sulfonamides is 1. The van der Waals surface area contributed by atoms with E-state index < -0.39 is 22.5 Å². The molecule has 0 bridgehead atoms. The maximum Gasteiger partial charge on any atom is 0.318 e. The van der Waals surface area contributed by atoms with Gasteiger partial charge in [0, 0.05) is 19.8 Å². The summed E-state index contributed by atoms with van der Waals surface area (Å²) in [5, 5.41) is 8.68. The van der Waals surface area contributed by atoms with Crippen molar-refractivity contribution >= 4 is 16.0 Å². The molecule has 0 unspecified atom stereocenters. The minimum atomic E-state index is -3.50. The molecule has 0 atom stereocenters. The Morgan fingerprint density at radius 1 is 1.35 bits per heavy atom. The molecule has 0 aromatic carbocycles. The van der Waals surface area contributed by atoms with Crippen LogP contribution in [-0.4, -0.2) is 55.9 Å². The van der Waals surface area contributed by atoms with E-state index in [9.17, 15) is 13.2 Å². The molecule has 0 aliphatic rings. The Balaban J connectivity index is 4.45. The standard InChI is InChI=1S/C10H21NO5S/c1-9(2)11(8-10(12)13)17(14,15)7-5-4-6-16-3/h9H,4-8H2,1-3H3,(H,12,13). The summed E-state index contributed by atoms with van der Waals surface area (Å²) in [5.74, 6) is -1.18. The lowest BCUT2D eigenvalue weighted by atomic mass is 10.4. The van der Waals surface area contributed by atoms with Crippen molar-refractivity contribution in [1.29, 1.82) is 0 Å². The monoisotopic (exact) mass is 267 g/mol. The lowest BCUT2D eigenvalue weighted by Gasteiger charge is -2.23. The maximum atomic E-state index is 11.9. The summed E-state index contributed by atoms with van der Waals surface area (Å²) in [6, 6.07) is -0.349. The predicted octanol–water partition coefficient (Wildman–Crippen LogP) is 0.538. The number of carbonyl (C=O) groups is 1. The maximum absolute atomic E-state index is 11.9. The van der Waals surface area contributed by atoms with Gasteiger partial charge in [0.15, 0.2) is 0 Å². The molecule has 0 saturated heterocycles. The molecule has 0 aromatic rings. The van der Waals surface area contributed by atoms with Crippen LogP contribution >= 0.6 is 0 Å². The Bertz CT molecular complexity index is 326. The second-order valence-corrected chi connectivity index (χ2v) is 6.09. The second-order valence-electron chi connectivity index (χ2n) is 4.05. The topological polar surface area (TPSA) is 83.9 Å². The molecule has 102 valence electrons. The molecule has 0 fully saturated rings. The van der Waals surface area contributed by atoms with Crippen molar-refractivity contribution in [3.63, 3.8) is 0 Å². The number of carboxylic acids is 1. The molecule has 0 aromatic heterocycles. The van der Waals surface area contributed by atoms with Gasteiger partial charge in [-0.15, -0.1) is 0 Å². The lowest BCUT2D eigenvalue weighted by molar-refractivity contribution is -0.137. The Kier molecular flexibility index (Phi) is 7.33. The summed E-state index contributed by atoms with van der Waals surface area (Å²) in [6.45, 7) is 3.35. The predicted molar refractivity (Wildman–Crippen MR) is 64.4 cm³/mol. The van der Waals surface area contributed by atoms with E-state index in [2.05, 4.69) is 0 Å². The summed E-state index contributed by atoms with van der Waals surface area (Å²) in [6.07, 6.45) is 1.12. The van der Waals surface area contributed by atoms with E-state index in [0.29, 0.717) is 19.4 Å². The average molecular weight is 267 g/mol. The number of unbranched alkanes of at least 4 members (excludes halogenated alkanes) is 1. The first kappa shape index (κ1) is 16.3. The van der Waals surface area contributed by atoms with E-state index in [1.54, 1.807) is 21.0 Å². The van der Waals surface area contributed by atoms with Gasteiger partial charge in [-0.3, -0.25) is 4.79 Å². The van der Waals surface area contributed by atoms with Gasteiger partial charge in [0.05, 0.1) is 5.75 Å². The molecule has 0 saturated carbocycles. The summed E-state index contributed by atoms with van der Waals surface area (Å²) in [4.78, 5) is 10.6. The van der Waals surface area contributed by atoms with Crippen LogP contribution in [-0.2, 0) is 19.6 Å². The average Bonchev–Trinajstić information content (AvgIpc) is 2.20. The third-order valence-electron chi connectivity index (χ3n) is 2.23. The largest absolute Gasteiger partial charge is 0.480 e. The number of rotatable bonds is 9. The van der Waals surface area contributed by atoms with Crippen LogP contribution in [0.5, 0.6) is 0 Å². The van der Waals surface area contributed by atoms with Crippen LogP contribution in [0.15, 0.2) is 0 Å². The van der Waals surface area contributed by atoms with Crippen molar-refractivity contribution in [2.24, 2.45) is 0 Å². The van der Waals surface area contributed by atoms with E-state index >= 15 is 0 Å². The van der Waals surface area contributed by atoms with Crippen LogP contribution < -0.4 is 0 Å². The third kappa shape index (κ3) is 6.60. The van der Waals surface area contributed by atoms with Crippen LogP contribution in [0.25, 0.3) is 0 Å². The Hall–Kier alpha value is -0.660. The Morgan fingerprint density at radius 3 is 2.35 bits per heavy atom. The van der Waals surface area contributed by atoms with Crippen LogP contribution in [0.1, 0.15) is 26.7 Å². The van der Waals surface area contributed by atoms with Crippen molar-refractivity contribution in [3.8, 4) is 0 Å². The van der Waals surface area contributed by atoms with Gasteiger partial charge in [-0.05, 0) is 26.7 Å². The highest BCUT2D eigenvalue weighted by Gasteiger charge is 2.26. The molecular formula is C10H21NO5S. The van der Waals surface area contributed by atoms with Crippen molar-refractivity contribution in [1.82, 2.24) is 4.31 Å². The number of methoxy groups -OCH3 is 1. The Labute approximate surface area is 103 Å².